The maximum absolute atomic E-state index is 13.0. The highest BCUT2D eigenvalue weighted by Gasteiger charge is 2.59. The summed E-state index contributed by atoms with van der Waals surface area (Å²) in [5.41, 5.74) is 1.19. The number of nitrogens with zero attached hydrogens (tertiary/aromatic N) is 1. The number of halogens is 1. The van der Waals surface area contributed by atoms with Gasteiger partial charge in [0.15, 0.2) is 0 Å². The molecule has 4 atom stereocenters. The Morgan fingerprint density at radius 2 is 1.61 bits per heavy atom. The average Bonchev–Trinajstić information content (AvgIpc) is 3.37. The maximum atomic E-state index is 13.0. The normalized spacial score (nSPS) is 27.4. The van der Waals surface area contributed by atoms with Crippen molar-refractivity contribution in [3.63, 3.8) is 0 Å². The van der Waals surface area contributed by atoms with Gasteiger partial charge < -0.3 is 5.32 Å². The van der Waals surface area contributed by atoms with Crippen molar-refractivity contribution in [2.75, 3.05) is 10.2 Å². The Kier molecular flexibility index (Phi) is 3.69. The summed E-state index contributed by atoms with van der Waals surface area (Å²) in [6, 6.07) is 11.9. The third-order valence-corrected chi connectivity index (χ3v) is 5.94. The maximum Gasteiger partial charge on any atom is 0.255 e. The Hall–Kier alpha value is -3.28. The van der Waals surface area contributed by atoms with E-state index in [2.05, 4.69) is 5.32 Å². The molecule has 3 aliphatic rings. The van der Waals surface area contributed by atoms with Gasteiger partial charge in [-0.05, 0) is 60.7 Å². The smallest absolute Gasteiger partial charge is 0.255 e. The molecule has 2 aromatic carbocycles. The van der Waals surface area contributed by atoms with Crippen LogP contribution < -0.4 is 10.2 Å². The number of amides is 3. The highest BCUT2D eigenvalue weighted by molar-refractivity contribution is 6.23. The van der Waals surface area contributed by atoms with Crippen molar-refractivity contribution in [1.29, 1.82) is 0 Å². The van der Waals surface area contributed by atoms with Crippen molar-refractivity contribution >= 4 is 29.1 Å². The number of rotatable bonds is 3. The SMILES string of the molecule is O=C(Nc1ccc(F)cc1)c1cccc(N2C(=O)[C@@H]3[C@@H](C2=O)[C@H]2C=C[C@H]3C2)c1. The minimum Gasteiger partial charge on any atom is -0.322 e. The Balaban J connectivity index is 1.40. The van der Waals surface area contributed by atoms with Gasteiger partial charge >= 0.3 is 0 Å². The molecule has 5 nitrogen and oxygen atoms in total. The number of carbonyl (C=O) groups excluding carboxylic acids is 3. The molecule has 5 rings (SSSR count). The number of carbonyl (C=O) groups is 3. The van der Waals surface area contributed by atoms with Crippen LogP contribution in [-0.2, 0) is 9.59 Å². The van der Waals surface area contributed by atoms with Crippen LogP contribution in [0.1, 0.15) is 16.8 Å². The number of fused-ring (bicyclic) bond motifs is 5. The van der Waals surface area contributed by atoms with Crippen LogP contribution in [0.2, 0.25) is 0 Å². The van der Waals surface area contributed by atoms with E-state index in [1.807, 2.05) is 12.2 Å². The summed E-state index contributed by atoms with van der Waals surface area (Å²) in [6.07, 6.45) is 4.97. The van der Waals surface area contributed by atoms with Gasteiger partial charge in [0.05, 0.1) is 17.5 Å². The summed E-state index contributed by atoms with van der Waals surface area (Å²) in [7, 11) is 0. The summed E-state index contributed by atoms with van der Waals surface area (Å²) in [6.45, 7) is 0. The third kappa shape index (κ3) is 2.48. The lowest BCUT2D eigenvalue weighted by atomic mass is 9.85. The largest absolute Gasteiger partial charge is 0.322 e. The minimum absolute atomic E-state index is 0.140. The number of hydrogen-bond donors (Lipinski definition) is 1. The molecule has 6 heteroatoms. The van der Waals surface area contributed by atoms with Gasteiger partial charge in [-0.3, -0.25) is 14.4 Å². The zero-order chi connectivity index (χ0) is 19.4. The summed E-state index contributed by atoms with van der Waals surface area (Å²) < 4.78 is 13.0. The minimum atomic E-state index is -0.394. The van der Waals surface area contributed by atoms with Crippen LogP contribution in [0, 0.1) is 29.5 Å². The topological polar surface area (TPSA) is 66.5 Å². The predicted molar refractivity (Wildman–Crippen MR) is 101 cm³/mol. The van der Waals surface area contributed by atoms with Crippen molar-refractivity contribution < 1.29 is 18.8 Å². The van der Waals surface area contributed by atoms with Crippen LogP contribution in [0.4, 0.5) is 15.8 Å². The van der Waals surface area contributed by atoms with Crippen molar-refractivity contribution in [3.8, 4) is 0 Å². The molecule has 1 saturated heterocycles. The van der Waals surface area contributed by atoms with E-state index in [1.165, 1.54) is 29.2 Å². The lowest BCUT2D eigenvalue weighted by Gasteiger charge is -2.18. The first-order valence-corrected chi connectivity index (χ1v) is 9.26. The quantitative estimate of drug-likeness (QED) is 0.660. The predicted octanol–water partition coefficient (Wildman–Crippen LogP) is 3.39. The fourth-order valence-corrected chi connectivity index (χ4v) is 4.68. The van der Waals surface area contributed by atoms with E-state index in [9.17, 15) is 18.8 Å². The van der Waals surface area contributed by atoms with Crippen LogP contribution >= 0.6 is 0 Å². The van der Waals surface area contributed by atoms with E-state index in [0.29, 0.717) is 16.9 Å². The zero-order valence-electron chi connectivity index (χ0n) is 14.8. The summed E-state index contributed by atoms with van der Waals surface area (Å²) in [4.78, 5) is 39.6. The molecule has 140 valence electrons. The molecule has 0 aromatic heterocycles. The van der Waals surface area contributed by atoms with E-state index < -0.39 is 5.91 Å². The second-order valence-electron chi connectivity index (χ2n) is 7.52. The second-order valence-corrected chi connectivity index (χ2v) is 7.52. The fraction of sp³-hybridized carbons (Fsp3) is 0.227. The number of hydrogen-bond acceptors (Lipinski definition) is 3. The summed E-state index contributed by atoms with van der Waals surface area (Å²) in [5.74, 6) is -1.42. The van der Waals surface area contributed by atoms with Crippen LogP contribution in [0.25, 0.3) is 0 Å². The molecule has 0 spiro atoms. The molecule has 2 fully saturated rings. The Bertz CT molecular complexity index is 1000. The van der Waals surface area contributed by atoms with E-state index >= 15 is 0 Å². The first-order valence-electron chi connectivity index (χ1n) is 9.26. The van der Waals surface area contributed by atoms with Crippen LogP contribution in [0.3, 0.4) is 0 Å². The Morgan fingerprint density at radius 3 is 2.25 bits per heavy atom. The Morgan fingerprint density at radius 1 is 0.964 bits per heavy atom. The average molecular weight is 376 g/mol. The zero-order valence-corrected chi connectivity index (χ0v) is 14.8. The molecular formula is C22H17FN2O3. The number of imide groups is 1. The highest BCUT2D eigenvalue weighted by Crippen LogP contribution is 2.53. The van der Waals surface area contributed by atoms with Gasteiger partial charge in [-0.2, -0.15) is 0 Å². The van der Waals surface area contributed by atoms with Gasteiger partial charge in [0.25, 0.3) is 5.91 Å². The van der Waals surface area contributed by atoms with Crippen molar-refractivity contribution in [3.05, 3.63) is 72.1 Å². The lowest BCUT2D eigenvalue weighted by Crippen LogP contribution is -2.33. The van der Waals surface area contributed by atoms with Gasteiger partial charge in [0.1, 0.15) is 5.82 Å². The van der Waals surface area contributed by atoms with Gasteiger partial charge in [-0.25, -0.2) is 9.29 Å². The van der Waals surface area contributed by atoms with Gasteiger partial charge in [0, 0.05) is 11.3 Å². The first-order chi connectivity index (χ1) is 13.5. The first kappa shape index (κ1) is 16.9. The van der Waals surface area contributed by atoms with Crippen molar-refractivity contribution in [2.24, 2.45) is 23.7 Å². The van der Waals surface area contributed by atoms with E-state index in [4.69, 9.17) is 0 Å². The van der Waals surface area contributed by atoms with Crippen molar-refractivity contribution in [1.82, 2.24) is 0 Å². The van der Waals surface area contributed by atoms with Crippen LogP contribution in [0.15, 0.2) is 60.7 Å². The molecule has 0 unspecified atom stereocenters. The monoisotopic (exact) mass is 376 g/mol. The second kappa shape index (κ2) is 6.12. The summed E-state index contributed by atoms with van der Waals surface area (Å²) >= 11 is 0. The third-order valence-electron chi connectivity index (χ3n) is 5.94. The number of nitrogens with one attached hydrogen (secondary N) is 1. The van der Waals surface area contributed by atoms with E-state index in [-0.39, 0.29) is 41.3 Å². The molecule has 1 aliphatic heterocycles. The molecule has 2 aliphatic carbocycles. The number of allylic oxidation sites excluding steroid dienone is 2. The standard InChI is InChI=1S/C22H17FN2O3/c23-15-6-8-16(9-7-15)24-20(26)14-2-1-3-17(11-14)25-21(27)18-12-4-5-13(10-12)19(18)22(25)28/h1-9,11-13,18-19H,10H2,(H,24,26)/t12-,13-,18-,19-/m0/s1. The molecule has 0 radical (unpaired) electrons. The molecule has 1 heterocycles. The molecule has 2 bridgehead atoms. The Labute approximate surface area is 160 Å². The van der Waals surface area contributed by atoms with Gasteiger partial charge in [0.2, 0.25) is 11.8 Å². The lowest BCUT2D eigenvalue weighted by molar-refractivity contribution is -0.123. The van der Waals surface area contributed by atoms with Gasteiger partial charge in [-0.15, -0.1) is 0 Å². The number of anilines is 2. The van der Waals surface area contributed by atoms with Crippen LogP contribution in [0.5, 0.6) is 0 Å². The molecular weight excluding hydrogens is 359 g/mol. The van der Waals surface area contributed by atoms with Gasteiger partial charge in [-0.1, -0.05) is 18.2 Å². The van der Waals surface area contributed by atoms with Crippen LogP contribution in [-0.4, -0.2) is 17.7 Å². The fourth-order valence-electron chi connectivity index (χ4n) is 4.68. The highest BCUT2D eigenvalue weighted by atomic mass is 19.1. The molecule has 1 N–H and O–H groups in total. The molecule has 28 heavy (non-hydrogen) atoms. The molecule has 3 amide bonds. The number of benzene rings is 2. The van der Waals surface area contributed by atoms with Crippen molar-refractivity contribution in [2.45, 2.75) is 6.42 Å². The summed E-state index contributed by atoms with van der Waals surface area (Å²) in [5, 5.41) is 2.69. The van der Waals surface area contributed by atoms with E-state index in [0.717, 1.165) is 6.42 Å². The molecule has 2 aromatic rings. The van der Waals surface area contributed by atoms with E-state index in [1.54, 1.807) is 24.3 Å². The molecule has 1 saturated carbocycles.